The van der Waals surface area contributed by atoms with Gasteiger partial charge in [-0.1, -0.05) is 199 Å². The lowest BCUT2D eigenvalue weighted by Gasteiger charge is -2.31. The fraction of sp³-hybridized carbons (Fsp3) is 0.209. The number of fused-ring (bicyclic) bond motifs is 27. The first-order valence-electron chi connectivity index (χ1n) is 34.1. The second-order valence-electron chi connectivity index (χ2n) is 31.9. The second-order valence-corrected chi connectivity index (χ2v) is 31.9. The van der Waals surface area contributed by atoms with Crippen LogP contribution in [0.1, 0.15) is 151 Å². The Kier molecular flexibility index (Phi) is 10.4. The lowest BCUT2D eigenvalue weighted by atomic mass is 9.79. The summed E-state index contributed by atoms with van der Waals surface area (Å²) in [5.74, 6) is 0. The Hall–Kier alpha value is -10.2. The van der Waals surface area contributed by atoms with E-state index in [1.54, 1.807) is 0 Å². The summed E-state index contributed by atoms with van der Waals surface area (Å²) in [5.41, 5.74) is 37.7. The van der Waals surface area contributed by atoms with Crippen LogP contribution in [0.3, 0.4) is 0 Å². The summed E-state index contributed by atoms with van der Waals surface area (Å²) in [7, 11) is 0. The number of benzene rings is 12. The molecule has 5 aliphatic rings. The first kappa shape index (κ1) is 55.3. The van der Waals surface area contributed by atoms with E-state index in [1.807, 2.05) is 0 Å². The Labute approximate surface area is 554 Å². The molecule has 0 unspecified atom stereocenters. The number of nitrogens with zero attached hydrogens (tertiary/aromatic N) is 1. The van der Waals surface area contributed by atoms with Crippen molar-refractivity contribution in [3.05, 3.63) is 267 Å². The van der Waals surface area contributed by atoms with Crippen LogP contribution in [0.2, 0.25) is 0 Å². The minimum Gasteiger partial charge on any atom is -0.456 e. The Balaban J connectivity index is 0.770. The van der Waals surface area contributed by atoms with Crippen LogP contribution < -0.4 is 4.90 Å². The van der Waals surface area contributed by atoms with Gasteiger partial charge in [0.05, 0.1) is 0 Å². The van der Waals surface area contributed by atoms with Gasteiger partial charge in [-0.2, -0.15) is 0 Å². The SMILES string of the molecule is CC(C)(C)c1ccc(-c2cc3c(c4c2oc2ccccc24)-c2ccc(N(c4ccc5c(c4)C(C)(C)c4cc6c(cc4-5)C(C)(C)c4ccc5oc7ccccc7c5c4-6)c4ccc5c(c4)C(C)(C)c4cc6c(cc4-5)C(C)(C)c4ccc5oc7ccccc7c5c4-6)cc2C3(C)C)cc1. The second kappa shape index (κ2) is 17.8. The highest BCUT2D eigenvalue weighted by atomic mass is 16.3. The molecule has 15 aromatic rings. The molecule has 0 bridgehead atoms. The summed E-state index contributed by atoms with van der Waals surface area (Å²) in [6.07, 6.45) is 0. The molecule has 4 nitrogen and oxygen atoms in total. The van der Waals surface area contributed by atoms with E-state index in [4.69, 9.17) is 13.3 Å². The molecule has 0 N–H and O–H groups in total. The van der Waals surface area contributed by atoms with Crippen LogP contribution in [0.15, 0.2) is 220 Å². The van der Waals surface area contributed by atoms with E-state index in [9.17, 15) is 0 Å². The smallest absolute Gasteiger partial charge is 0.143 e. The molecule has 460 valence electrons. The van der Waals surface area contributed by atoms with Crippen LogP contribution >= 0.6 is 0 Å². The molecular weight excluding hydrogens is 1160 g/mol. The third-order valence-corrected chi connectivity index (χ3v) is 24.0. The molecule has 0 fully saturated rings. The monoisotopic (exact) mass is 1230 g/mol. The molecule has 0 saturated heterocycles. The Morgan fingerprint density at radius 3 is 1.11 bits per heavy atom. The predicted molar refractivity (Wildman–Crippen MR) is 395 cm³/mol. The molecule has 20 rings (SSSR count). The molecule has 4 heteroatoms. The molecule has 0 spiro atoms. The first-order valence-corrected chi connectivity index (χ1v) is 34.1. The standard InChI is InChI=1S/C91H73NO3/c1-86(2,3)49-28-26-48(27-29-49)59-43-73-79(84-58-22-16-19-25-76(58)95-85(59)84)55-35-32-52(42-68(55)91(73,12)13)92(50-30-33-53-60-44-71-62(46-69(60)89(8,9)66(53)40-50)80-64(87(71,4)5)36-38-77-82(80)56-20-14-17-23-74(56)93-77)51-31-34-54-61-45-72-63(47-70(61)90(10,11)67(54)41-51)81-65(88(72,6)7)37-39-78-83(81)57-21-15-18-24-75(57)94-78/h14-47H,1-13H3. The van der Waals surface area contributed by atoms with Crippen molar-refractivity contribution in [2.24, 2.45) is 0 Å². The Morgan fingerprint density at radius 2 is 0.632 bits per heavy atom. The maximum absolute atomic E-state index is 7.01. The van der Waals surface area contributed by atoms with E-state index in [0.717, 1.165) is 67.1 Å². The third kappa shape index (κ3) is 6.97. The molecule has 0 amide bonds. The number of furan rings is 3. The topological polar surface area (TPSA) is 42.7 Å². The molecule has 0 radical (unpaired) electrons. The number of anilines is 3. The van der Waals surface area contributed by atoms with E-state index in [1.165, 1.54) is 144 Å². The first-order chi connectivity index (χ1) is 45.5. The lowest BCUT2D eigenvalue weighted by Crippen LogP contribution is -2.19. The molecule has 0 saturated carbocycles. The Bertz CT molecular complexity index is 5780. The van der Waals surface area contributed by atoms with Crippen LogP contribution in [0.5, 0.6) is 0 Å². The zero-order valence-corrected chi connectivity index (χ0v) is 56.3. The van der Waals surface area contributed by atoms with E-state index in [-0.39, 0.29) is 32.5 Å². The molecule has 3 heterocycles. The quantitative estimate of drug-likeness (QED) is 0.176. The molecule has 12 aromatic carbocycles. The van der Waals surface area contributed by atoms with Crippen molar-refractivity contribution >= 4 is 82.9 Å². The molecule has 5 aliphatic carbocycles. The average molecular weight is 1230 g/mol. The summed E-state index contributed by atoms with van der Waals surface area (Å²) in [6.45, 7) is 31.1. The molecule has 95 heavy (non-hydrogen) atoms. The average Bonchev–Trinajstić information content (AvgIpc) is 1.54. The van der Waals surface area contributed by atoms with Crippen LogP contribution in [0.4, 0.5) is 17.1 Å². The van der Waals surface area contributed by atoms with Gasteiger partial charge in [0.15, 0.2) is 0 Å². The molecule has 3 aromatic heterocycles. The minimum atomic E-state index is -0.371. The van der Waals surface area contributed by atoms with Crippen LogP contribution in [0.25, 0.3) is 133 Å². The third-order valence-electron chi connectivity index (χ3n) is 24.0. The summed E-state index contributed by atoms with van der Waals surface area (Å²) >= 11 is 0. The predicted octanol–water partition coefficient (Wildman–Crippen LogP) is 25.4. The summed E-state index contributed by atoms with van der Waals surface area (Å²) in [5, 5.41) is 7.11. The van der Waals surface area contributed by atoms with Crippen molar-refractivity contribution in [3.8, 4) is 66.8 Å². The van der Waals surface area contributed by atoms with Crippen molar-refractivity contribution in [1.82, 2.24) is 0 Å². The van der Waals surface area contributed by atoms with Crippen molar-refractivity contribution < 1.29 is 13.3 Å². The Morgan fingerprint density at radius 1 is 0.274 bits per heavy atom. The highest BCUT2D eigenvalue weighted by molar-refractivity contribution is 6.20. The molecule has 0 aliphatic heterocycles. The normalized spacial score (nSPS) is 16.5. The van der Waals surface area contributed by atoms with Gasteiger partial charge in [-0.3, -0.25) is 0 Å². The van der Waals surface area contributed by atoms with Crippen molar-refractivity contribution in [3.63, 3.8) is 0 Å². The maximum Gasteiger partial charge on any atom is 0.143 e. The van der Waals surface area contributed by atoms with Gasteiger partial charge in [0, 0.05) is 82.0 Å². The number of hydrogen-bond acceptors (Lipinski definition) is 4. The largest absolute Gasteiger partial charge is 0.456 e. The van der Waals surface area contributed by atoms with Gasteiger partial charge < -0.3 is 18.2 Å². The van der Waals surface area contributed by atoms with Crippen LogP contribution in [0, 0.1) is 0 Å². The van der Waals surface area contributed by atoms with Gasteiger partial charge in [0.2, 0.25) is 0 Å². The fourth-order valence-corrected chi connectivity index (χ4v) is 18.8. The zero-order chi connectivity index (χ0) is 64.7. The number of para-hydroxylation sites is 3. The van der Waals surface area contributed by atoms with Gasteiger partial charge in [0.25, 0.3) is 0 Å². The fourth-order valence-electron chi connectivity index (χ4n) is 18.8. The zero-order valence-electron chi connectivity index (χ0n) is 56.3. The van der Waals surface area contributed by atoms with Gasteiger partial charge in [-0.05, 0) is 225 Å². The minimum absolute atomic E-state index is 0.0361. The van der Waals surface area contributed by atoms with Gasteiger partial charge in [-0.25, -0.2) is 0 Å². The maximum atomic E-state index is 7.01. The highest BCUT2D eigenvalue weighted by Gasteiger charge is 2.47. The van der Waals surface area contributed by atoms with Gasteiger partial charge in [-0.15, -0.1) is 0 Å². The number of hydrogen-bond donors (Lipinski definition) is 0. The lowest BCUT2D eigenvalue weighted by molar-refractivity contribution is 0.590. The van der Waals surface area contributed by atoms with E-state index in [0.29, 0.717) is 0 Å². The van der Waals surface area contributed by atoms with Gasteiger partial charge in [0.1, 0.15) is 33.5 Å². The van der Waals surface area contributed by atoms with Crippen molar-refractivity contribution in [2.45, 2.75) is 122 Å². The highest BCUT2D eigenvalue weighted by Crippen LogP contribution is 2.63. The van der Waals surface area contributed by atoms with E-state index >= 15 is 0 Å². The van der Waals surface area contributed by atoms with E-state index in [2.05, 4.69) is 301 Å². The number of rotatable bonds is 4. The summed E-state index contributed by atoms with van der Waals surface area (Å²) in [6, 6.07) is 78.7. The molecular formula is C91H73NO3. The van der Waals surface area contributed by atoms with Crippen LogP contribution in [-0.2, 0) is 32.5 Å². The van der Waals surface area contributed by atoms with Crippen molar-refractivity contribution in [2.75, 3.05) is 4.90 Å². The molecule has 0 atom stereocenters. The summed E-state index contributed by atoms with van der Waals surface area (Å²) in [4.78, 5) is 2.57. The van der Waals surface area contributed by atoms with Crippen LogP contribution in [-0.4, -0.2) is 0 Å². The van der Waals surface area contributed by atoms with Crippen molar-refractivity contribution in [1.29, 1.82) is 0 Å². The van der Waals surface area contributed by atoms with Gasteiger partial charge >= 0.3 is 0 Å². The van der Waals surface area contributed by atoms with E-state index < -0.39 is 0 Å². The summed E-state index contributed by atoms with van der Waals surface area (Å²) < 4.78 is 20.1.